The lowest BCUT2D eigenvalue weighted by molar-refractivity contribution is 0.390. The fourth-order valence-corrected chi connectivity index (χ4v) is 1.78. The summed E-state index contributed by atoms with van der Waals surface area (Å²) in [7, 11) is 0. The molecule has 1 heterocycles. The summed E-state index contributed by atoms with van der Waals surface area (Å²) in [5.74, 6) is 0.743. The number of nitrogens with zero attached hydrogens (tertiary/aromatic N) is 1. The maximum atomic E-state index is 10.9. The minimum atomic E-state index is 0.0906. The second kappa shape index (κ2) is 6.44. The third-order valence-electron chi connectivity index (χ3n) is 2.87. The van der Waals surface area contributed by atoms with Gasteiger partial charge in [-0.15, -0.1) is 0 Å². The SMILES string of the molecule is CCCCC(CC)Cn1ccc(=O)cc1. The van der Waals surface area contributed by atoms with E-state index < -0.39 is 0 Å². The highest BCUT2D eigenvalue weighted by molar-refractivity contribution is 4.93. The largest absolute Gasteiger partial charge is 0.354 e. The molecule has 1 aromatic heterocycles. The summed E-state index contributed by atoms with van der Waals surface area (Å²) in [6.07, 6.45) is 8.85. The second-order valence-electron chi connectivity index (χ2n) is 4.15. The zero-order valence-electron chi connectivity index (χ0n) is 9.78. The predicted molar refractivity (Wildman–Crippen MR) is 64.0 cm³/mol. The minimum absolute atomic E-state index is 0.0906. The average molecular weight is 207 g/mol. The summed E-state index contributed by atoms with van der Waals surface area (Å²) in [6, 6.07) is 3.26. The first-order valence-electron chi connectivity index (χ1n) is 5.92. The molecule has 0 saturated heterocycles. The number of aromatic nitrogens is 1. The molecule has 84 valence electrons. The summed E-state index contributed by atoms with van der Waals surface area (Å²) in [5, 5.41) is 0. The van der Waals surface area contributed by atoms with Crippen LogP contribution < -0.4 is 5.43 Å². The van der Waals surface area contributed by atoms with Crippen molar-refractivity contribution in [1.82, 2.24) is 4.57 Å². The van der Waals surface area contributed by atoms with Crippen LogP contribution in [0.2, 0.25) is 0 Å². The highest BCUT2D eigenvalue weighted by Crippen LogP contribution is 2.14. The highest BCUT2D eigenvalue weighted by Gasteiger charge is 2.05. The van der Waals surface area contributed by atoms with Crippen LogP contribution in [0.3, 0.4) is 0 Å². The Labute approximate surface area is 91.9 Å². The molecule has 0 N–H and O–H groups in total. The Kier molecular flexibility index (Phi) is 5.16. The van der Waals surface area contributed by atoms with Crippen LogP contribution in [0.5, 0.6) is 0 Å². The molecule has 1 unspecified atom stereocenters. The molecule has 2 nitrogen and oxygen atoms in total. The van der Waals surface area contributed by atoms with Gasteiger partial charge in [-0.1, -0.05) is 33.1 Å². The lowest BCUT2D eigenvalue weighted by atomic mass is 9.99. The molecule has 15 heavy (non-hydrogen) atoms. The van der Waals surface area contributed by atoms with E-state index in [1.807, 2.05) is 12.4 Å². The van der Waals surface area contributed by atoms with Gasteiger partial charge in [-0.3, -0.25) is 4.79 Å². The van der Waals surface area contributed by atoms with Gasteiger partial charge in [-0.25, -0.2) is 0 Å². The molecular formula is C13H21NO. The van der Waals surface area contributed by atoms with Gasteiger partial charge in [0.1, 0.15) is 0 Å². The first-order valence-corrected chi connectivity index (χ1v) is 5.92. The van der Waals surface area contributed by atoms with E-state index in [0.717, 1.165) is 12.5 Å². The van der Waals surface area contributed by atoms with Crippen molar-refractivity contribution in [3.63, 3.8) is 0 Å². The normalized spacial score (nSPS) is 12.7. The van der Waals surface area contributed by atoms with Crippen molar-refractivity contribution in [3.8, 4) is 0 Å². The quantitative estimate of drug-likeness (QED) is 0.702. The molecule has 1 atom stereocenters. The van der Waals surface area contributed by atoms with Crippen molar-refractivity contribution in [3.05, 3.63) is 34.7 Å². The maximum Gasteiger partial charge on any atom is 0.181 e. The van der Waals surface area contributed by atoms with Crippen molar-refractivity contribution in [2.45, 2.75) is 46.1 Å². The smallest absolute Gasteiger partial charge is 0.181 e. The van der Waals surface area contributed by atoms with Crippen molar-refractivity contribution in [1.29, 1.82) is 0 Å². The number of hydrogen-bond donors (Lipinski definition) is 0. The monoisotopic (exact) mass is 207 g/mol. The molecule has 0 spiro atoms. The first-order chi connectivity index (χ1) is 7.26. The van der Waals surface area contributed by atoms with Crippen LogP contribution in [0.15, 0.2) is 29.3 Å². The van der Waals surface area contributed by atoms with E-state index >= 15 is 0 Å². The fourth-order valence-electron chi connectivity index (χ4n) is 1.78. The van der Waals surface area contributed by atoms with Crippen LogP contribution in [0.4, 0.5) is 0 Å². The van der Waals surface area contributed by atoms with Crippen molar-refractivity contribution in [2.75, 3.05) is 0 Å². The Morgan fingerprint density at radius 3 is 2.47 bits per heavy atom. The molecule has 1 rings (SSSR count). The molecule has 2 heteroatoms. The molecule has 0 amide bonds. The Hall–Kier alpha value is -1.05. The zero-order valence-corrected chi connectivity index (χ0v) is 9.78. The van der Waals surface area contributed by atoms with Crippen molar-refractivity contribution >= 4 is 0 Å². The Bertz CT molecular complexity index is 309. The van der Waals surface area contributed by atoms with Crippen LogP contribution in [-0.2, 0) is 6.54 Å². The number of hydrogen-bond acceptors (Lipinski definition) is 1. The van der Waals surface area contributed by atoms with Gasteiger partial charge in [0.2, 0.25) is 0 Å². The molecule has 0 bridgehead atoms. The third kappa shape index (κ3) is 4.32. The Morgan fingerprint density at radius 2 is 1.93 bits per heavy atom. The van der Waals surface area contributed by atoms with Gasteiger partial charge >= 0.3 is 0 Å². The standard InChI is InChI=1S/C13H21NO/c1-3-5-6-12(4-2)11-14-9-7-13(15)8-10-14/h7-10,12H,3-6,11H2,1-2H3. The van der Waals surface area contributed by atoms with E-state index in [1.165, 1.54) is 25.7 Å². The molecule has 0 radical (unpaired) electrons. The van der Waals surface area contributed by atoms with Crippen LogP contribution in [0.1, 0.15) is 39.5 Å². The van der Waals surface area contributed by atoms with Gasteiger partial charge < -0.3 is 4.57 Å². The molecule has 0 aromatic carbocycles. The number of unbranched alkanes of at least 4 members (excludes halogenated alkanes) is 1. The van der Waals surface area contributed by atoms with E-state index in [-0.39, 0.29) is 5.43 Å². The van der Waals surface area contributed by atoms with Crippen LogP contribution in [-0.4, -0.2) is 4.57 Å². The molecule has 0 aliphatic heterocycles. The van der Waals surface area contributed by atoms with Gasteiger partial charge in [0, 0.05) is 31.1 Å². The molecular weight excluding hydrogens is 186 g/mol. The highest BCUT2D eigenvalue weighted by atomic mass is 16.1. The van der Waals surface area contributed by atoms with Gasteiger partial charge in [-0.05, 0) is 12.3 Å². The zero-order chi connectivity index (χ0) is 11.1. The predicted octanol–water partition coefficient (Wildman–Crippen LogP) is 3.06. The maximum absolute atomic E-state index is 10.9. The van der Waals surface area contributed by atoms with Gasteiger partial charge in [0.15, 0.2) is 5.43 Å². The first kappa shape index (κ1) is 12.0. The molecule has 1 aromatic rings. The minimum Gasteiger partial charge on any atom is -0.354 e. The van der Waals surface area contributed by atoms with Crippen LogP contribution in [0.25, 0.3) is 0 Å². The third-order valence-corrected chi connectivity index (χ3v) is 2.87. The fraction of sp³-hybridized carbons (Fsp3) is 0.615. The lowest BCUT2D eigenvalue weighted by Crippen LogP contribution is -2.11. The van der Waals surface area contributed by atoms with Crippen LogP contribution in [0, 0.1) is 5.92 Å². The summed E-state index contributed by atoms with van der Waals surface area (Å²) < 4.78 is 2.12. The van der Waals surface area contributed by atoms with E-state index in [1.54, 1.807) is 12.1 Å². The van der Waals surface area contributed by atoms with Gasteiger partial charge in [0.25, 0.3) is 0 Å². The van der Waals surface area contributed by atoms with Crippen LogP contribution >= 0.6 is 0 Å². The Balaban J connectivity index is 2.50. The molecule has 0 aliphatic rings. The Morgan fingerprint density at radius 1 is 1.27 bits per heavy atom. The number of rotatable bonds is 6. The summed E-state index contributed by atoms with van der Waals surface area (Å²) in [6.45, 7) is 5.51. The summed E-state index contributed by atoms with van der Waals surface area (Å²) in [4.78, 5) is 10.9. The van der Waals surface area contributed by atoms with Gasteiger partial charge in [0.05, 0.1) is 0 Å². The lowest BCUT2D eigenvalue weighted by Gasteiger charge is -2.16. The van der Waals surface area contributed by atoms with E-state index in [4.69, 9.17) is 0 Å². The van der Waals surface area contributed by atoms with Gasteiger partial charge in [-0.2, -0.15) is 0 Å². The molecule has 0 saturated carbocycles. The summed E-state index contributed by atoms with van der Waals surface area (Å²) >= 11 is 0. The molecule has 0 aliphatic carbocycles. The number of pyridine rings is 1. The second-order valence-corrected chi connectivity index (χ2v) is 4.15. The van der Waals surface area contributed by atoms with E-state index in [0.29, 0.717) is 0 Å². The van der Waals surface area contributed by atoms with Crippen molar-refractivity contribution in [2.24, 2.45) is 5.92 Å². The van der Waals surface area contributed by atoms with E-state index in [2.05, 4.69) is 18.4 Å². The molecule has 0 fully saturated rings. The topological polar surface area (TPSA) is 22.0 Å². The average Bonchev–Trinajstić information content (AvgIpc) is 2.27. The summed E-state index contributed by atoms with van der Waals surface area (Å²) in [5.41, 5.74) is 0.0906. The van der Waals surface area contributed by atoms with Crippen molar-refractivity contribution < 1.29 is 0 Å². The van der Waals surface area contributed by atoms with E-state index in [9.17, 15) is 4.79 Å².